The van der Waals surface area contributed by atoms with Crippen molar-refractivity contribution in [3.8, 4) is 11.1 Å². The molecule has 2 aromatic carbocycles. The molecule has 35 heavy (non-hydrogen) atoms. The minimum atomic E-state index is -1.15. The monoisotopic (exact) mass is 474 g/mol. The van der Waals surface area contributed by atoms with Crippen LogP contribution in [-0.2, 0) is 16.1 Å². The Kier molecular flexibility index (Phi) is 5.98. The molecule has 0 bridgehead atoms. The van der Waals surface area contributed by atoms with E-state index in [0.717, 1.165) is 22.3 Å². The minimum absolute atomic E-state index is 0.0350. The normalized spacial score (nSPS) is 14.7. The number of hydrogen-bond acceptors (Lipinski definition) is 5. The lowest BCUT2D eigenvalue weighted by Crippen LogP contribution is -2.48. The van der Waals surface area contributed by atoms with Gasteiger partial charge >= 0.3 is 12.1 Å². The zero-order valence-electron chi connectivity index (χ0n) is 19.3. The molecule has 0 fully saturated rings. The van der Waals surface area contributed by atoms with Crippen molar-refractivity contribution in [2.45, 2.75) is 38.3 Å². The van der Waals surface area contributed by atoms with E-state index in [-0.39, 0.29) is 29.8 Å². The van der Waals surface area contributed by atoms with Gasteiger partial charge < -0.3 is 15.2 Å². The van der Waals surface area contributed by atoms with Gasteiger partial charge in [0.2, 0.25) is 0 Å². The molecule has 1 aromatic heterocycles. The fourth-order valence-corrected chi connectivity index (χ4v) is 5.01. The van der Waals surface area contributed by atoms with Gasteiger partial charge in [0, 0.05) is 12.5 Å². The van der Waals surface area contributed by atoms with Crippen molar-refractivity contribution in [3.05, 3.63) is 71.4 Å². The summed E-state index contributed by atoms with van der Waals surface area (Å²) in [5.41, 5.74) is 4.45. The topological polar surface area (TPSA) is 114 Å². The first kappa shape index (κ1) is 22.6. The Morgan fingerprint density at radius 3 is 2.37 bits per heavy atom. The number of benzene rings is 2. The van der Waals surface area contributed by atoms with Crippen LogP contribution in [0.5, 0.6) is 0 Å². The number of carboxylic acid groups (broad SMARTS) is 1. The molecule has 1 aliphatic carbocycles. The molecule has 3 aromatic rings. The van der Waals surface area contributed by atoms with Crippen LogP contribution in [0.15, 0.2) is 54.7 Å². The molecule has 0 saturated heterocycles. The second kappa shape index (κ2) is 9.25. The third-order valence-electron chi connectivity index (χ3n) is 6.61. The van der Waals surface area contributed by atoms with Crippen molar-refractivity contribution >= 4 is 23.8 Å². The predicted molar refractivity (Wildman–Crippen MR) is 128 cm³/mol. The molecule has 9 nitrogen and oxygen atoms in total. The number of amides is 2. The number of aromatic carboxylic acids is 1. The van der Waals surface area contributed by atoms with E-state index in [1.165, 1.54) is 15.8 Å². The number of aromatic nitrogens is 2. The van der Waals surface area contributed by atoms with Gasteiger partial charge in [0.1, 0.15) is 24.0 Å². The van der Waals surface area contributed by atoms with Crippen molar-refractivity contribution in [3.63, 3.8) is 0 Å². The van der Waals surface area contributed by atoms with E-state index < -0.39 is 18.1 Å². The number of hydrogen-bond donors (Lipinski definition) is 2. The van der Waals surface area contributed by atoms with Crippen molar-refractivity contribution in [2.75, 3.05) is 18.1 Å². The van der Waals surface area contributed by atoms with Crippen LogP contribution >= 0.6 is 0 Å². The Bertz CT molecular complexity index is 1250. The van der Waals surface area contributed by atoms with Crippen molar-refractivity contribution in [2.24, 2.45) is 0 Å². The van der Waals surface area contributed by atoms with Crippen molar-refractivity contribution in [1.82, 2.24) is 15.1 Å². The first-order chi connectivity index (χ1) is 17.0. The lowest BCUT2D eigenvalue weighted by atomic mass is 9.98. The van der Waals surface area contributed by atoms with E-state index in [2.05, 4.69) is 22.5 Å². The molecule has 180 valence electrons. The van der Waals surface area contributed by atoms with E-state index in [9.17, 15) is 19.5 Å². The molecule has 1 atom stereocenters. The Morgan fingerprint density at radius 1 is 1.09 bits per heavy atom. The summed E-state index contributed by atoms with van der Waals surface area (Å²) in [6, 6.07) is 15.3. The summed E-state index contributed by atoms with van der Waals surface area (Å²) in [6.07, 6.45) is 1.62. The molecule has 0 spiro atoms. The summed E-state index contributed by atoms with van der Waals surface area (Å²) in [5.74, 6) is -1.36. The second-order valence-corrected chi connectivity index (χ2v) is 8.71. The maximum atomic E-state index is 13.3. The van der Waals surface area contributed by atoms with Gasteiger partial charge in [-0.3, -0.25) is 9.69 Å². The number of rotatable bonds is 7. The number of carbonyl (C=O) groups is 3. The Morgan fingerprint density at radius 2 is 1.74 bits per heavy atom. The van der Waals surface area contributed by atoms with E-state index in [1.807, 2.05) is 43.3 Å². The maximum absolute atomic E-state index is 13.3. The number of fused-ring (bicyclic) bond motifs is 4. The molecule has 0 unspecified atom stereocenters. The van der Waals surface area contributed by atoms with Crippen LogP contribution in [0.4, 0.5) is 10.6 Å². The zero-order valence-corrected chi connectivity index (χ0v) is 19.3. The van der Waals surface area contributed by atoms with E-state index >= 15 is 0 Å². The van der Waals surface area contributed by atoms with Gasteiger partial charge in [0.15, 0.2) is 0 Å². The number of nitrogens with one attached hydrogen (secondary N) is 1. The molecule has 2 aliphatic rings. The quantitative estimate of drug-likeness (QED) is 0.541. The van der Waals surface area contributed by atoms with Crippen LogP contribution in [0.3, 0.4) is 0 Å². The summed E-state index contributed by atoms with van der Waals surface area (Å²) in [4.78, 5) is 39.1. The van der Waals surface area contributed by atoms with Crippen molar-refractivity contribution < 1.29 is 24.2 Å². The molecular formula is C26H26N4O5. The van der Waals surface area contributed by atoms with Crippen LogP contribution in [0.25, 0.3) is 11.1 Å². The summed E-state index contributed by atoms with van der Waals surface area (Å²) < 4.78 is 7.11. The highest BCUT2D eigenvalue weighted by molar-refractivity contribution is 6.04. The predicted octanol–water partition coefficient (Wildman–Crippen LogP) is 3.64. The van der Waals surface area contributed by atoms with Gasteiger partial charge in [-0.1, -0.05) is 61.9 Å². The third kappa shape index (κ3) is 4.03. The fraction of sp³-hybridized carbons (Fsp3) is 0.308. The smallest absolute Gasteiger partial charge is 0.407 e. The second-order valence-electron chi connectivity index (χ2n) is 8.71. The van der Waals surface area contributed by atoms with Gasteiger partial charge in [0.05, 0.1) is 12.7 Å². The first-order valence-electron chi connectivity index (χ1n) is 11.7. The average Bonchev–Trinajstić information content (AvgIpc) is 3.54. The van der Waals surface area contributed by atoms with Gasteiger partial charge in [-0.2, -0.15) is 5.10 Å². The highest BCUT2D eigenvalue weighted by Gasteiger charge is 2.36. The molecule has 1 aliphatic heterocycles. The number of carboxylic acids is 1. The Hall–Kier alpha value is -4.14. The van der Waals surface area contributed by atoms with Crippen molar-refractivity contribution in [1.29, 1.82) is 0 Å². The standard InChI is InChI=1S/C26H26N4O5/c1-2-7-22(24(31)29-12-13-30-23(29)20(14-27-30)25(32)33)28-26(34)35-15-21-18-10-5-3-8-16(18)17-9-4-6-11-19(17)21/h3-6,8-11,14,21-22H,2,7,12-13,15H2,1H3,(H,28,34)(H,32,33)/t22-/m0/s1. The highest BCUT2D eigenvalue weighted by atomic mass is 16.5. The molecular weight excluding hydrogens is 448 g/mol. The number of alkyl carbamates (subject to hydrolysis) is 1. The zero-order chi connectivity index (χ0) is 24.5. The minimum Gasteiger partial charge on any atom is -0.477 e. The number of nitrogens with zero attached hydrogens (tertiary/aromatic N) is 3. The first-order valence-corrected chi connectivity index (χ1v) is 11.7. The molecule has 2 amide bonds. The summed E-state index contributed by atoms with van der Waals surface area (Å²) >= 11 is 0. The van der Waals surface area contributed by atoms with E-state index in [0.29, 0.717) is 25.9 Å². The molecule has 2 N–H and O–H groups in total. The lowest BCUT2D eigenvalue weighted by molar-refractivity contribution is -0.120. The maximum Gasteiger partial charge on any atom is 0.407 e. The average molecular weight is 475 g/mol. The molecule has 2 heterocycles. The number of ether oxygens (including phenoxy) is 1. The van der Waals surface area contributed by atoms with Crippen LogP contribution < -0.4 is 10.2 Å². The summed E-state index contributed by atoms with van der Waals surface area (Å²) in [7, 11) is 0. The van der Waals surface area contributed by atoms with Gasteiger partial charge in [-0.25, -0.2) is 14.3 Å². The Balaban J connectivity index is 1.28. The van der Waals surface area contributed by atoms with Crippen LogP contribution in [-0.4, -0.2) is 52.1 Å². The van der Waals surface area contributed by atoms with E-state index in [1.54, 1.807) is 0 Å². The van der Waals surface area contributed by atoms with Crippen LogP contribution in [0.2, 0.25) is 0 Å². The lowest BCUT2D eigenvalue weighted by Gasteiger charge is -2.24. The van der Waals surface area contributed by atoms with Gasteiger partial charge in [-0.05, 0) is 28.7 Å². The number of anilines is 1. The third-order valence-corrected chi connectivity index (χ3v) is 6.61. The Labute approximate surface area is 202 Å². The van der Waals surface area contributed by atoms with Crippen LogP contribution in [0.1, 0.15) is 47.2 Å². The number of carbonyl (C=O) groups excluding carboxylic acids is 2. The summed E-state index contributed by atoms with van der Waals surface area (Å²) in [5, 5.41) is 16.2. The van der Waals surface area contributed by atoms with Gasteiger partial charge in [0.25, 0.3) is 5.91 Å². The largest absolute Gasteiger partial charge is 0.477 e. The molecule has 5 rings (SSSR count). The molecule has 0 saturated carbocycles. The summed E-state index contributed by atoms with van der Waals surface area (Å²) in [6.45, 7) is 2.76. The van der Waals surface area contributed by atoms with Gasteiger partial charge in [-0.15, -0.1) is 0 Å². The highest BCUT2D eigenvalue weighted by Crippen LogP contribution is 2.44. The fourth-order valence-electron chi connectivity index (χ4n) is 5.01. The molecule has 9 heteroatoms. The van der Waals surface area contributed by atoms with Crippen LogP contribution in [0, 0.1) is 0 Å². The SMILES string of the molecule is CCC[C@H](NC(=O)OCC1c2ccccc2-c2ccccc21)C(=O)N1CCn2ncc(C(=O)O)c21. The molecule has 0 radical (unpaired) electrons. The van der Waals surface area contributed by atoms with E-state index in [4.69, 9.17) is 4.74 Å².